The highest BCUT2D eigenvalue weighted by Crippen LogP contribution is 2.34. The Labute approximate surface area is 173 Å². The molecule has 162 valence electrons. The van der Waals surface area contributed by atoms with Crippen LogP contribution in [0.4, 0.5) is 26.2 Å². The van der Waals surface area contributed by atoms with Gasteiger partial charge in [0.15, 0.2) is 11.6 Å². The van der Waals surface area contributed by atoms with E-state index in [0.717, 1.165) is 25.7 Å². The van der Waals surface area contributed by atoms with E-state index >= 15 is 0 Å². The fraction of sp³-hybridized carbons (Fsp3) is 0.500. The number of aromatic nitrogens is 2. The van der Waals surface area contributed by atoms with Crippen LogP contribution in [0.15, 0.2) is 12.1 Å². The molecular weight excluding hydrogens is 394 g/mol. The minimum absolute atomic E-state index is 0.0455. The Morgan fingerprint density at radius 3 is 2.47 bits per heavy atom. The van der Waals surface area contributed by atoms with Gasteiger partial charge in [0, 0.05) is 12.1 Å². The summed E-state index contributed by atoms with van der Waals surface area (Å²) in [5.41, 5.74) is 11.8. The molecule has 0 spiro atoms. The minimum atomic E-state index is -0.950. The molecule has 0 amide bonds. The second-order valence-corrected chi connectivity index (χ2v) is 7.83. The third kappa shape index (κ3) is 4.81. The van der Waals surface area contributed by atoms with E-state index in [2.05, 4.69) is 15.3 Å². The van der Waals surface area contributed by atoms with Crippen molar-refractivity contribution in [3.05, 3.63) is 50.7 Å². The molecule has 1 saturated carbocycles. The van der Waals surface area contributed by atoms with E-state index in [1.807, 2.05) is 0 Å². The van der Waals surface area contributed by atoms with E-state index in [1.54, 1.807) is 0 Å². The monoisotopic (exact) mass is 420 g/mol. The number of anilines is 2. The largest absolute Gasteiger partial charge is 0.378 e. The average Bonchev–Trinajstić information content (AvgIpc) is 2.71. The molecule has 0 aliphatic heterocycles. The second-order valence-electron chi connectivity index (χ2n) is 7.83. The van der Waals surface area contributed by atoms with Gasteiger partial charge in [-0.2, -0.15) is 4.98 Å². The smallest absolute Gasteiger partial charge is 0.332 e. The van der Waals surface area contributed by atoms with Crippen molar-refractivity contribution in [2.75, 3.05) is 17.6 Å². The van der Waals surface area contributed by atoms with E-state index in [1.165, 1.54) is 19.1 Å². The van der Waals surface area contributed by atoms with Crippen molar-refractivity contribution in [1.29, 1.82) is 0 Å². The van der Waals surface area contributed by atoms with Gasteiger partial charge in [0.1, 0.15) is 5.69 Å². The molecule has 1 aliphatic carbocycles. The molecule has 1 heterocycles. The lowest BCUT2D eigenvalue weighted by molar-refractivity contribution is -0.385. The summed E-state index contributed by atoms with van der Waals surface area (Å²) in [5, 5.41) is 14.3. The molecule has 3 rings (SSSR count). The standard InChI is InChI=1S/C20H26F2N6O2/c1-11-2-7-14(17(22)16(11)21)10-25-20-26-15(18(28(29)30)19(24)27-20)8-12-3-5-13(9-23)6-4-12/h2,7,12-13H,3-6,8-10,23H2,1H3,(H3,24,25,26,27). The SMILES string of the molecule is Cc1ccc(CNc2nc(N)c([N+](=O)[O-])c(CC3CCC(CN)CC3)n2)c(F)c1F. The van der Waals surface area contributed by atoms with Crippen molar-refractivity contribution in [2.45, 2.75) is 45.6 Å². The lowest BCUT2D eigenvalue weighted by Gasteiger charge is -2.27. The normalized spacial score (nSPS) is 18.9. The second kappa shape index (κ2) is 9.29. The number of benzene rings is 1. The molecule has 1 fully saturated rings. The number of hydrogen-bond donors (Lipinski definition) is 3. The first-order valence-electron chi connectivity index (χ1n) is 9.98. The van der Waals surface area contributed by atoms with Crippen LogP contribution in [-0.4, -0.2) is 21.4 Å². The van der Waals surface area contributed by atoms with Gasteiger partial charge in [-0.3, -0.25) is 10.1 Å². The summed E-state index contributed by atoms with van der Waals surface area (Å²) in [6.45, 7) is 2.04. The van der Waals surface area contributed by atoms with Crippen molar-refractivity contribution in [3.63, 3.8) is 0 Å². The van der Waals surface area contributed by atoms with Crippen LogP contribution in [-0.2, 0) is 13.0 Å². The maximum atomic E-state index is 14.1. The Balaban J connectivity index is 1.79. The molecule has 0 unspecified atom stereocenters. The topological polar surface area (TPSA) is 133 Å². The van der Waals surface area contributed by atoms with Crippen LogP contribution in [0.2, 0.25) is 0 Å². The first-order chi connectivity index (χ1) is 14.3. The van der Waals surface area contributed by atoms with Crippen LogP contribution in [0.1, 0.15) is 42.5 Å². The summed E-state index contributed by atoms with van der Waals surface area (Å²) in [5.74, 6) is -1.32. The van der Waals surface area contributed by atoms with Gasteiger partial charge < -0.3 is 16.8 Å². The van der Waals surface area contributed by atoms with Crippen LogP contribution in [0, 0.1) is 40.5 Å². The Bertz CT molecular complexity index is 932. The number of aryl methyl sites for hydroxylation is 1. The number of hydrogen-bond acceptors (Lipinski definition) is 7. The molecule has 1 aromatic heterocycles. The molecule has 2 aromatic rings. The summed E-state index contributed by atoms with van der Waals surface area (Å²) in [7, 11) is 0. The lowest BCUT2D eigenvalue weighted by Crippen LogP contribution is -2.23. The molecule has 0 radical (unpaired) electrons. The number of rotatable bonds is 7. The van der Waals surface area contributed by atoms with Gasteiger partial charge in [-0.15, -0.1) is 0 Å². The Hall–Kier alpha value is -2.88. The van der Waals surface area contributed by atoms with E-state index in [-0.39, 0.29) is 46.7 Å². The van der Waals surface area contributed by atoms with Gasteiger partial charge in [0.25, 0.3) is 0 Å². The van der Waals surface area contributed by atoms with Crippen LogP contribution < -0.4 is 16.8 Å². The van der Waals surface area contributed by atoms with Crippen LogP contribution in [0.25, 0.3) is 0 Å². The molecule has 1 aliphatic rings. The summed E-state index contributed by atoms with van der Waals surface area (Å²) in [4.78, 5) is 19.2. The highest BCUT2D eigenvalue weighted by Gasteiger charge is 2.28. The molecule has 0 atom stereocenters. The van der Waals surface area contributed by atoms with Gasteiger partial charge in [0.2, 0.25) is 11.8 Å². The van der Waals surface area contributed by atoms with E-state index in [4.69, 9.17) is 11.5 Å². The zero-order chi connectivity index (χ0) is 21.8. The van der Waals surface area contributed by atoms with Crippen molar-refractivity contribution < 1.29 is 13.7 Å². The van der Waals surface area contributed by atoms with Crippen molar-refractivity contribution in [3.8, 4) is 0 Å². The molecule has 0 bridgehead atoms. The minimum Gasteiger partial charge on any atom is -0.378 e. The summed E-state index contributed by atoms with van der Waals surface area (Å²) < 4.78 is 27.8. The Morgan fingerprint density at radius 1 is 1.17 bits per heavy atom. The quantitative estimate of drug-likeness (QED) is 0.461. The van der Waals surface area contributed by atoms with E-state index in [0.29, 0.717) is 18.9 Å². The zero-order valence-corrected chi connectivity index (χ0v) is 16.8. The zero-order valence-electron chi connectivity index (χ0n) is 16.8. The average molecular weight is 420 g/mol. The van der Waals surface area contributed by atoms with Crippen molar-refractivity contribution >= 4 is 17.5 Å². The molecular formula is C20H26F2N6O2. The van der Waals surface area contributed by atoms with E-state index < -0.39 is 16.6 Å². The third-order valence-corrected chi connectivity index (χ3v) is 5.74. The molecule has 8 nitrogen and oxygen atoms in total. The highest BCUT2D eigenvalue weighted by molar-refractivity contribution is 5.58. The van der Waals surface area contributed by atoms with Gasteiger partial charge in [-0.25, -0.2) is 13.8 Å². The number of nitrogen functional groups attached to an aromatic ring is 1. The maximum Gasteiger partial charge on any atom is 0.332 e. The van der Waals surface area contributed by atoms with Gasteiger partial charge in [-0.05, 0) is 63.0 Å². The van der Waals surface area contributed by atoms with Gasteiger partial charge in [-0.1, -0.05) is 12.1 Å². The van der Waals surface area contributed by atoms with Crippen molar-refractivity contribution in [1.82, 2.24) is 9.97 Å². The molecule has 0 saturated heterocycles. The first kappa shape index (κ1) is 21.8. The molecule has 10 heteroatoms. The predicted octanol–water partition coefficient (Wildman–Crippen LogP) is 3.47. The van der Waals surface area contributed by atoms with Crippen LogP contribution in [0.3, 0.4) is 0 Å². The molecule has 30 heavy (non-hydrogen) atoms. The van der Waals surface area contributed by atoms with Crippen LogP contribution >= 0.6 is 0 Å². The number of halogens is 2. The molecule has 1 aromatic carbocycles. The summed E-state index contributed by atoms with van der Waals surface area (Å²) in [6.07, 6.45) is 4.21. The third-order valence-electron chi connectivity index (χ3n) is 5.74. The maximum absolute atomic E-state index is 14.1. The lowest BCUT2D eigenvalue weighted by atomic mass is 9.80. The predicted molar refractivity (Wildman–Crippen MR) is 110 cm³/mol. The number of nitrogens with one attached hydrogen (secondary N) is 1. The number of nitro groups is 1. The van der Waals surface area contributed by atoms with E-state index in [9.17, 15) is 18.9 Å². The van der Waals surface area contributed by atoms with Crippen LogP contribution in [0.5, 0.6) is 0 Å². The fourth-order valence-electron chi connectivity index (χ4n) is 3.88. The van der Waals surface area contributed by atoms with Gasteiger partial charge in [0.05, 0.1) is 4.92 Å². The summed E-state index contributed by atoms with van der Waals surface area (Å²) >= 11 is 0. The van der Waals surface area contributed by atoms with Crippen molar-refractivity contribution in [2.24, 2.45) is 17.6 Å². The number of nitrogens with two attached hydrogens (primary N) is 2. The first-order valence-corrected chi connectivity index (χ1v) is 9.98. The summed E-state index contributed by atoms with van der Waals surface area (Å²) in [6, 6.07) is 2.94. The Kier molecular flexibility index (Phi) is 6.76. The fourth-order valence-corrected chi connectivity index (χ4v) is 3.88. The number of nitrogens with zero attached hydrogens (tertiary/aromatic N) is 3. The van der Waals surface area contributed by atoms with Gasteiger partial charge >= 0.3 is 5.69 Å². The highest BCUT2D eigenvalue weighted by atomic mass is 19.2. The Morgan fingerprint density at radius 2 is 1.83 bits per heavy atom. The molecule has 5 N–H and O–H groups in total.